The third-order valence-corrected chi connectivity index (χ3v) is 4.74. The average Bonchev–Trinajstić information content (AvgIpc) is 3.45. The van der Waals surface area contributed by atoms with E-state index in [9.17, 15) is 19.8 Å². The first-order valence-electron chi connectivity index (χ1n) is 9.50. The zero-order valence-electron chi connectivity index (χ0n) is 16.6. The molecule has 5 N–H and O–H groups in total. The number of hydrogen-bond donors (Lipinski definition) is 5. The van der Waals surface area contributed by atoms with Crippen LogP contribution in [0.2, 0.25) is 0 Å². The number of aromatic nitrogens is 4. The van der Waals surface area contributed by atoms with Crippen LogP contribution in [-0.2, 0) is 9.53 Å². The summed E-state index contributed by atoms with van der Waals surface area (Å²) < 4.78 is 12.2. The monoisotopic (exact) mass is 431 g/mol. The Kier molecular flexibility index (Phi) is 5.54. The molecule has 0 bridgehead atoms. The lowest BCUT2D eigenvalue weighted by Gasteiger charge is -2.16. The fraction of sp³-hybridized carbons (Fsp3) is 0.389. The van der Waals surface area contributed by atoms with Crippen molar-refractivity contribution >= 4 is 28.8 Å². The van der Waals surface area contributed by atoms with Crippen molar-refractivity contribution in [2.45, 2.75) is 38.4 Å². The summed E-state index contributed by atoms with van der Waals surface area (Å²) in [7, 11) is 0. The maximum Gasteiger partial charge on any atom is 0.305 e. The van der Waals surface area contributed by atoms with E-state index in [2.05, 4.69) is 31.1 Å². The van der Waals surface area contributed by atoms with Gasteiger partial charge in [0.25, 0.3) is 5.91 Å². The topological polar surface area (TPSA) is 177 Å². The van der Waals surface area contributed by atoms with Crippen molar-refractivity contribution in [3.8, 4) is 0 Å². The van der Waals surface area contributed by atoms with Crippen molar-refractivity contribution in [1.29, 1.82) is 0 Å². The van der Waals surface area contributed by atoms with Gasteiger partial charge in [-0.05, 0) is 26.0 Å². The van der Waals surface area contributed by atoms with Gasteiger partial charge in [-0.2, -0.15) is 0 Å². The first-order valence-corrected chi connectivity index (χ1v) is 9.50. The Labute approximate surface area is 175 Å². The number of ether oxygens (including phenoxy) is 1. The Hall–Kier alpha value is -3.55. The number of aliphatic hydroxyl groups is 2. The van der Waals surface area contributed by atoms with Crippen LogP contribution in [0, 0.1) is 6.92 Å². The number of amides is 2. The van der Waals surface area contributed by atoms with E-state index in [0.717, 1.165) is 0 Å². The Balaban J connectivity index is 1.55. The molecule has 0 radical (unpaired) electrons. The highest BCUT2D eigenvalue weighted by Gasteiger charge is 2.47. The van der Waals surface area contributed by atoms with Crippen LogP contribution in [-0.4, -0.2) is 66.4 Å². The quantitative estimate of drug-likeness (QED) is 0.312. The lowest BCUT2D eigenvalue weighted by molar-refractivity contribution is -0.137. The van der Waals surface area contributed by atoms with Crippen molar-refractivity contribution in [3.63, 3.8) is 0 Å². The SMILES string of the molecule is CCNC(=O)[C@H]1O[C@@H](n2cnc3c(NNC(=O)c4ccc(C)o4)ncnc32)[C@H](O)[C@@H]1O. The molecule has 0 aromatic carbocycles. The number of nitrogens with zero attached hydrogens (tertiary/aromatic N) is 4. The number of fused-ring (bicyclic) bond motifs is 1. The largest absolute Gasteiger partial charge is 0.456 e. The predicted octanol–water partition coefficient (Wildman–Crippen LogP) is -0.760. The number of aryl methyl sites for hydroxylation is 1. The maximum atomic E-state index is 12.2. The molecule has 1 aliphatic heterocycles. The summed E-state index contributed by atoms with van der Waals surface area (Å²) in [6, 6.07) is 3.20. The van der Waals surface area contributed by atoms with Crippen LogP contribution in [0.25, 0.3) is 11.2 Å². The van der Waals surface area contributed by atoms with Gasteiger partial charge < -0.3 is 24.7 Å². The van der Waals surface area contributed by atoms with Gasteiger partial charge >= 0.3 is 5.91 Å². The van der Waals surface area contributed by atoms with E-state index in [-0.39, 0.29) is 22.7 Å². The van der Waals surface area contributed by atoms with Gasteiger partial charge in [0.1, 0.15) is 24.3 Å². The van der Waals surface area contributed by atoms with Gasteiger partial charge in [0.15, 0.2) is 35.1 Å². The van der Waals surface area contributed by atoms with Crippen LogP contribution >= 0.6 is 0 Å². The number of nitrogens with one attached hydrogen (secondary N) is 3. The van der Waals surface area contributed by atoms with E-state index in [1.54, 1.807) is 19.9 Å². The van der Waals surface area contributed by atoms with Crippen molar-refractivity contribution in [1.82, 2.24) is 30.3 Å². The van der Waals surface area contributed by atoms with Crippen molar-refractivity contribution in [2.24, 2.45) is 0 Å². The molecule has 1 saturated heterocycles. The van der Waals surface area contributed by atoms with E-state index < -0.39 is 36.4 Å². The molecule has 164 valence electrons. The minimum absolute atomic E-state index is 0.119. The molecule has 0 aliphatic carbocycles. The van der Waals surface area contributed by atoms with Gasteiger partial charge in [0, 0.05) is 6.54 Å². The fourth-order valence-corrected chi connectivity index (χ4v) is 3.24. The predicted molar refractivity (Wildman–Crippen MR) is 104 cm³/mol. The van der Waals surface area contributed by atoms with Crippen LogP contribution in [0.3, 0.4) is 0 Å². The highest BCUT2D eigenvalue weighted by Crippen LogP contribution is 2.32. The van der Waals surface area contributed by atoms with Gasteiger partial charge in [-0.1, -0.05) is 0 Å². The highest BCUT2D eigenvalue weighted by atomic mass is 16.6. The van der Waals surface area contributed by atoms with E-state index in [4.69, 9.17) is 9.15 Å². The second-order valence-corrected chi connectivity index (χ2v) is 6.86. The Morgan fingerprint density at radius 2 is 2.00 bits per heavy atom. The summed E-state index contributed by atoms with van der Waals surface area (Å²) in [5, 5.41) is 23.2. The summed E-state index contributed by atoms with van der Waals surface area (Å²) in [6.45, 7) is 3.80. The molecule has 13 nitrogen and oxygen atoms in total. The minimum Gasteiger partial charge on any atom is -0.456 e. The molecular formula is C18H21N7O6. The molecule has 2 amide bonds. The molecule has 0 saturated carbocycles. The number of carbonyl (C=O) groups is 2. The number of rotatable bonds is 6. The van der Waals surface area contributed by atoms with Gasteiger partial charge in [0.2, 0.25) is 0 Å². The molecular weight excluding hydrogens is 410 g/mol. The van der Waals surface area contributed by atoms with Crippen molar-refractivity contribution in [2.75, 3.05) is 12.0 Å². The number of carbonyl (C=O) groups excluding carboxylic acids is 2. The number of hydrazine groups is 1. The molecule has 31 heavy (non-hydrogen) atoms. The Bertz CT molecular complexity index is 1110. The second kappa shape index (κ2) is 8.29. The molecule has 0 unspecified atom stereocenters. The number of likely N-dealkylation sites (N-methyl/N-ethyl adjacent to an activating group) is 1. The van der Waals surface area contributed by atoms with Crippen LogP contribution in [0.1, 0.15) is 29.5 Å². The van der Waals surface area contributed by atoms with Gasteiger partial charge in [-0.3, -0.25) is 25.0 Å². The first-order chi connectivity index (χ1) is 14.9. The van der Waals surface area contributed by atoms with Gasteiger partial charge in [0.05, 0.1) is 6.33 Å². The minimum atomic E-state index is -1.43. The Morgan fingerprint density at radius 3 is 2.71 bits per heavy atom. The van der Waals surface area contributed by atoms with Crippen LogP contribution < -0.4 is 16.2 Å². The van der Waals surface area contributed by atoms with Crippen molar-refractivity contribution in [3.05, 3.63) is 36.3 Å². The Morgan fingerprint density at radius 1 is 1.19 bits per heavy atom. The highest BCUT2D eigenvalue weighted by molar-refractivity contribution is 5.93. The van der Waals surface area contributed by atoms with E-state index in [1.165, 1.54) is 23.3 Å². The van der Waals surface area contributed by atoms with Gasteiger partial charge in [-0.15, -0.1) is 0 Å². The van der Waals surface area contributed by atoms with E-state index >= 15 is 0 Å². The molecule has 4 atom stereocenters. The first kappa shape index (κ1) is 20.7. The summed E-state index contributed by atoms with van der Waals surface area (Å²) in [5.74, 6) is -0.144. The number of hydrogen-bond acceptors (Lipinski definition) is 10. The summed E-state index contributed by atoms with van der Waals surface area (Å²) in [6.07, 6.45) is -2.60. The van der Waals surface area contributed by atoms with Crippen molar-refractivity contribution < 1.29 is 29.0 Å². The molecule has 3 aromatic heterocycles. The molecule has 0 spiro atoms. The van der Waals surface area contributed by atoms with E-state index in [0.29, 0.717) is 12.3 Å². The maximum absolute atomic E-state index is 12.2. The van der Waals surface area contributed by atoms with E-state index in [1.807, 2.05) is 0 Å². The molecule has 4 heterocycles. The number of imidazole rings is 1. The lowest BCUT2D eigenvalue weighted by atomic mass is 10.1. The molecule has 1 aliphatic rings. The average molecular weight is 431 g/mol. The third kappa shape index (κ3) is 3.81. The molecule has 3 aromatic rings. The summed E-state index contributed by atoms with van der Waals surface area (Å²) in [4.78, 5) is 36.7. The standard InChI is InChI=1S/C18H21N7O6/c1-3-19-17(29)13-11(26)12(27)18(31-13)25-7-22-10-14(20-6-21-15(10)25)23-24-16(28)9-5-4-8(2)30-9/h4-7,11-13,18,26-27H,3H2,1-2H3,(H,19,29)(H,24,28)(H,20,21,23)/t11-,12+,13-,18+/m0/s1. The zero-order chi connectivity index (χ0) is 22.1. The van der Waals surface area contributed by atoms with Crippen LogP contribution in [0.5, 0.6) is 0 Å². The molecule has 1 fully saturated rings. The third-order valence-electron chi connectivity index (χ3n) is 4.74. The molecule has 4 rings (SSSR count). The lowest BCUT2D eigenvalue weighted by Crippen LogP contribution is -2.42. The fourth-order valence-electron chi connectivity index (χ4n) is 3.24. The molecule has 13 heteroatoms. The zero-order valence-corrected chi connectivity index (χ0v) is 16.6. The second-order valence-electron chi connectivity index (χ2n) is 6.86. The van der Waals surface area contributed by atoms with Crippen LogP contribution in [0.4, 0.5) is 5.82 Å². The number of anilines is 1. The summed E-state index contributed by atoms with van der Waals surface area (Å²) >= 11 is 0. The number of aliphatic hydroxyl groups excluding tert-OH is 2. The normalized spacial score (nSPS) is 23.1. The summed E-state index contributed by atoms with van der Waals surface area (Å²) in [5.41, 5.74) is 5.64. The smallest absolute Gasteiger partial charge is 0.305 e. The van der Waals surface area contributed by atoms with Gasteiger partial charge in [-0.25, -0.2) is 15.0 Å². The number of furan rings is 1. The van der Waals surface area contributed by atoms with Crippen LogP contribution in [0.15, 0.2) is 29.2 Å².